The highest BCUT2D eigenvalue weighted by Crippen LogP contribution is 2.10. The van der Waals surface area contributed by atoms with Crippen molar-refractivity contribution in [1.82, 2.24) is 10.2 Å². The van der Waals surface area contributed by atoms with E-state index in [-0.39, 0.29) is 18.4 Å². The van der Waals surface area contributed by atoms with Gasteiger partial charge in [0.2, 0.25) is 11.8 Å². The maximum Gasteiger partial charge on any atom is 0.407 e. The quantitative estimate of drug-likeness (QED) is 0.773. The van der Waals surface area contributed by atoms with E-state index < -0.39 is 11.7 Å². The maximum atomic E-state index is 11.9. The van der Waals surface area contributed by atoms with Crippen molar-refractivity contribution >= 4 is 23.6 Å². The van der Waals surface area contributed by atoms with Crippen LogP contribution < -0.4 is 10.6 Å². The molecule has 0 saturated heterocycles. The van der Waals surface area contributed by atoms with Gasteiger partial charge in [0.15, 0.2) is 0 Å². The van der Waals surface area contributed by atoms with E-state index in [1.54, 1.807) is 45.0 Å². The zero-order valence-electron chi connectivity index (χ0n) is 15.1. The summed E-state index contributed by atoms with van der Waals surface area (Å²) in [5, 5.41) is 5.35. The molecule has 0 saturated carbocycles. The van der Waals surface area contributed by atoms with Crippen molar-refractivity contribution in [3.63, 3.8) is 0 Å². The predicted octanol–water partition coefficient (Wildman–Crippen LogP) is 2.29. The summed E-state index contributed by atoms with van der Waals surface area (Å²) in [7, 11) is 1.52. The van der Waals surface area contributed by atoms with Crippen molar-refractivity contribution in [2.45, 2.75) is 32.9 Å². The first kappa shape index (κ1) is 20.2. The zero-order valence-corrected chi connectivity index (χ0v) is 15.1. The number of alkyl carbamates (subject to hydrolysis) is 1. The van der Waals surface area contributed by atoms with Crippen LogP contribution >= 0.6 is 0 Å². The number of hydrogen-bond donors (Lipinski definition) is 2. The largest absolute Gasteiger partial charge is 0.444 e. The molecule has 1 aromatic rings. The molecule has 0 aromatic heterocycles. The van der Waals surface area contributed by atoms with Crippen LogP contribution in [0.2, 0.25) is 0 Å². The molecular formula is C18H25N3O4. The first-order valence-corrected chi connectivity index (χ1v) is 7.84. The highest BCUT2D eigenvalue weighted by molar-refractivity contribution is 5.96. The summed E-state index contributed by atoms with van der Waals surface area (Å²) in [4.78, 5) is 36.1. The lowest BCUT2D eigenvalue weighted by Crippen LogP contribution is -2.33. The van der Waals surface area contributed by atoms with E-state index in [1.807, 2.05) is 0 Å². The molecule has 0 aliphatic heterocycles. The second kappa shape index (κ2) is 8.86. The van der Waals surface area contributed by atoms with Crippen LogP contribution in [0.25, 0.3) is 0 Å². The Morgan fingerprint density at radius 3 is 2.32 bits per heavy atom. The first-order chi connectivity index (χ1) is 11.6. The third-order valence-electron chi connectivity index (χ3n) is 3.01. The average molecular weight is 347 g/mol. The second-order valence-corrected chi connectivity index (χ2v) is 6.50. The van der Waals surface area contributed by atoms with Gasteiger partial charge in [-0.25, -0.2) is 4.79 Å². The number of nitrogens with one attached hydrogen (secondary N) is 2. The van der Waals surface area contributed by atoms with Gasteiger partial charge in [-0.1, -0.05) is 18.7 Å². The Kier molecular flexibility index (Phi) is 7.17. The molecule has 1 aromatic carbocycles. The Balaban J connectivity index is 2.48. The monoisotopic (exact) mass is 347 g/mol. The summed E-state index contributed by atoms with van der Waals surface area (Å²) in [6.07, 6.45) is 0.666. The number of anilines is 1. The minimum Gasteiger partial charge on any atom is -0.444 e. The molecule has 0 unspecified atom stereocenters. The Bertz CT molecular complexity index is 633. The predicted molar refractivity (Wildman–Crippen MR) is 96.0 cm³/mol. The number of carbonyl (C=O) groups is 3. The summed E-state index contributed by atoms with van der Waals surface area (Å²) in [5.74, 6) is -0.629. The zero-order chi connectivity index (χ0) is 19.0. The topological polar surface area (TPSA) is 87.7 Å². The van der Waals surface area contributed by atoms with Crippen molar-refractivity contribution in [2.24, 2.45) is 0 Å². The van der Waals surface area contributed by atoms with Gasteiger partial charge in [-0.15, -0.1) is 0 Å². The molecule has 3 amide bonds. The van der Waals surface area contributed by atoms with Gasteiger partial charge in [0.05, 0.1) is 6.54 Å². The minimum absolute atomic E-state index is 0.0627. The van der Waals surface area contributed by atoms with Gasteiger partial charge in [-0.2, -0.15) is 0 Å². The van der Waals surface area contributed by atoms with E-state index in [0.29, 0.717) is 12.2 Å². The van der Waals surface area contributed by atoms with Crippen molar-refractivity contribution in [3.05, 3.63) is 42.5 Å². The van der Waals surface area contributed by atoms with Crippen LogP contribution in [0, 0.1) is 0 Å². The van der Waals surface area contributed by atoms with Crippen molar-refractivity contribution in [3.8, 4) is 0 Å². The third kappa shape index (κ3) is 8.01. The van der Waals surface area contributed by atoms with Crippen molar-refractivity contribution in [2.75, 3.05) is 18.9 Å². The molecule has 7 nitrogen and oxygen atoms in total. The minimum atomic E-state index is -0.543. The number of amides is 3. The number of carbonyl (C=O) groups excluding carboxylic acids is 3. The second-order valence-electron chi connectivity index (χ2n) is 6.50. The number of likely N-dealkylation sites (N-methyl/N-ethyl adjacent to an activating group) is 1. The van der Waals surface area contributed by atoms with Gasteiger partial charge in [-0.05, 0) is 44.5 Å². The summed E-state index contributed by atoms with van der Waals surface area (Å²) in [5.41, 5.74) is 0.923. The number of nitrogens with zero attached hydrogens (tertiary/aromatic N) is 1. The lowest BCUT2D eigenvalue weighted by atomic mass is 10.2. The molecule has 2 N–H and O–H groups in total. The summed E-state index contributed by atoms with van der Waals surface area (Å²) < 4.78 is 5.16. The van der Waals surface area contributed by atoms with E-state index in [4.69, 9.17) is 4.74 Å². The van der Waals surface area contributed by atoms with E-state index in [2.05, 4.69) is 17.2 Å². The Labute approximate surface area is 148 Å². The molecule has 0 radical (unpaired) electrons. The first-order valence-electron chi connectivity index (χ1n) is 7.84. The van der Waals surface area contributed by atoms with Gasteiger partial charge in [-0.3, -0.25) is 9.59 Å². The third-order valence-corrected chi connectivity index (χ3v) is 3.01. The van der Waals surface area contributed by atoms with E-state index >= 15 is 0 Å². The molecular weight excluding hydrogens is 322 g/mol. The molecule has 0 atom stereocenters. The van der Waals surface area contributed by atoms with Crippen LogP contribution in [-0.2, 0) is 20.9 Å². The number of hydrogen-bond acceptors (Lipinski definition) is 4. The maximum absolute atomic E-state index is 11.9. The molecule has 0 aliphatic carbocycles. The molecule has 7 heteroatoms. The van der Waals surface area contributed by atoms with E-state index in [0.717, 1.165) is 11.6 Å². The number of ether oxygens (including phenoxy) is 1. The smallest absolute Gasteiger partial charge is 0.407 e. The van der Waals surface area contributed by atoms with Gasteiger partial charge in [0, 0.05) is 19.3 Å². The summed E-state index contributed by atoms with van der Waals surface area (Å²) >= 11 is 0. The Morgan fingerprint density at radius 2 is 1.80 bits per heavy atom. The molecule has 0 spiro atoms. The standard InChI is InChI=1S/C18H25N3O4/c1-6-16(23)21(5)12-15(22)20-14-9-7-13(8-10-14)11-19-17(24)25-18(2,3)4/h6-10H,1,11-12H2,2-5H3,(H,19,24)(H,20,22). The molecule has 1 rings (SSSR count). The van der Waals surface area contributed by atoms with E-state index in [9.17, 15) is 14.4 Å². The molecule has 25 heavy (non-hydrogen) atoms. The van der Waals surface area contributed by atoms with Crippen LogP contribution in [0.3, 0.4) is 0 Å². The fourth-order valence-electron chi connectivity index (χ4n) is 1.84. The molecule has 0 fully saturated rings. The summed E-state index contributed by atoms with van der Waals surface area (Å²) in [6.45, 7) is 9.01. The molecule has 0 bridgehead atoms. The van der Waals surface area contributed by atoms with E-state index in [1.165, 1.54) is 11.9 Å². The van der Waals surface area contributed by atoms with Crippen LogP contribution in [-0.4, -0.2) is 42.0 Å². The highest BCUT2D eigenvalue weighted by Gasteiger charge is 2.15. The highest BCUT2D eigenvalue weighted by atomic mass is 16.6. The van der Waals surface area contributed by atoms with Crippen LogP contribution in [0.1, 0.15) is 26.3 Å². The Hall–Kier alpha value is -2.83. The van der Waals surface area contributed by atoms with Crippen molar-refractivity contribution < 1.29 is 19.1 Å². The SMILES string of the molecule is C=CC(=O)N(C)CC(=O)Nc1ccc(CNC(=O)OC(C)(C)C)cc1. The van der Waals surface area contributed by atoms with Crippen molar-refractivity contribution in [1.29, 1.82) is 0 Å². The lowest BCUT2D eigenvalue weighted by Gasteiger charge is -2.19. The van der Waals surface area contributed by atoms with Crippen LogP contribution in [0.15, 0.2) is 36.9 Å². The normalized spacial score (nSPS) is 10.6. The fourth-order valence-corrected chi connectivity index (χ4v) is 1.84. The van der Waals surface area contributed by atoms with Gasteiger partial charge < -0.3 is 20.3 Å². The van der Waals surface area contributed by atoms with Gasteiger partial charge >= 0.3 is 6.09 Å². The van der Waals surface area contributed by atoms with Gasteiger partial charge in [0.1, 0.15) is 5.60 Å². The van der Waals surface area contributed by atoms with Gasteiger partial charge in [0.25, 0.3) is 0 Å². The molecule has 0 aliphatic rings. The number of benzene rings is 1. The summed E-state index contributed by atoms with van der Waals surface area (Å²) in [6, 6.07) is 7.01. The molecule has 0 heterocycles. The molecule has 136 valence electrons. The fraction of sp³-hybridized carbons (Fsp3) is 0.389. The van der Waals surface area contributed by atoms with Crippen LogP contribution in [0.5, 0.6) is 0 Å². The Morgan fingerprint density at radius 1 is 1.20 bits per heavy atom. The number of rotatable bonds is 6. The lowest BCUT2D eigenvalue weighted by molar-refractivity contribution is -0.129. The van der Waals surface area contributed by atoms with Crippen LogP contribution in [0.4, 0.5) is 10.5 Å². The average Bonchev–Trinajstić information content (AvgIpc) is 2.51.